The predicted molar refractivity (Wildman–Crippen MR) is 211 cm³/mol. The molecule has 0 radical (unpaired) electrons. The Labute approximate surface area is 327 Å². The van der Waals surface area contributed by atoms with Crippen LogP contribution in [0.2, 0.25) is 0 Å². The molecule has 0 spiro atoms. The van der Waals surface area contributed by atoms with E-state index in [-0.39, 0.29) is 31.4 Å². The Bertz CT molecular complexity index is 2110. The van der Waals surface area contributed by atoms with E-state index in [9.17, 15) is 34.2 Å². The zero-order chi connectivity index (χ0) is 39.4. The molecule has 6 N–H and O–H groups in total. The first-order valence-electron chi connectivity index (χ1n) is 18.2. The Morgan fingerprint density at radius 2 is 1.29 bits per heavy atom. The number of aryl methyl sites for hydroxylation is 1. The molecule has 0 unspecified atom stereocenters. The number of nitrogens with one attached hydrogen (secondary N) is 4. The fourth-order valence-electron chi connectivity index (χ4n) is 6.36. The highest BCUT2D eigenvalue weighted by Gasteiger charge is 2.32. The summed E-state index contributed by atoms with van der Waals surface area (Å²) < 4.78 is 5.69. The summed E-state index contributed by atoms with van der Waals surface area (Å²) in [5.41, 5.74) is 3.93. The number of ether oxygens (including phenoxy) is 1. The Morgan fingerprint density at radius 3 is 1.93 bits per heavy atom. The van der Waals surface area contributed by atoms with Crippen LogP contribution in [0.1, 0.15) is 28.0 Å². The summed E-state index contributed by atoms with van der Waals surface area (Å²) in [7, 11) is 0. The number of benzene rings is 4. The molecule has 56 heavy (non-hydrogen) atoms. The molecule has 288 valence electrons. The number of hydrogen-bond acceptors (Lipinski definition) is 8. The number of hydrogen-bond donors (Lipinski definition) is 6. The third-order valence-electron chi connectivity index (χ3n) is 9.41. The molecule has 4 amide bonds. The molecule has 0 saturated carbocycles. The molecule has 4 aromatic carbocycles. The molecular weight excluding hydrogens is 733 g/mol. The summed E-state index contributed by atoms with van der Waals surface area (Å²) >= 11 is 1.42. The molecule has 0 saturated heterocycles. The topological polar surface area (TPSA) is 183 Å². The summed E-state index contributed by atoms with van der Waals surface area (Å²) in [5, 5.41) is 32.7. The Kier molecular flexibility index (Phi) is 13.1. The Morgan fingerprint density at radius 1 is 0.661 bits per heavy atom. The smallest absolute Gasteiger partial charge is 0.326 e. The van der Waals surface area contributed by atoms with Crippen molar-refractivity contribution in [2.24, 2.45) is 0 Å². The number of carbonyl (C=O) groups excluding carboxylic acids is 4. The van der Waals surface area contributed by atoms with Crippen molar-refractivity contribution in [3.05, 3.63) is 142 Å². The number of phenolic OH excluding ortho intramolecular Hbond substituents is 1. The van der Waals surface area contributed by atoms with E-state index in [2.05, 4.69) is 21.3 Å². The van der Waals surface area contributed by atoms with E-state index in [1.54, 1.807) is 48.5 Å². The zero-order valence-corrected chi connectivity index (χ0v) is 31.2. The second-order valence-corrected chi connectivity index (χ2v) is 14.6. The normalized spacial score (nSPS) is 19.6. The number of amides is 4. The van der Waals surface area contributed by atoms with Gasteiger partial charge in [-0.25, -0.2) is 4.79 Å². The van der Waals surface area contributed by atoms with E-state index in [0.29, 0.717) is 23.3 Å². The van der Waals surface area contributed by atoms with Crippen LogP contribution in [-0.2, 0) is 49.7 Å². The third-order valence-corrected chi connectivity index (χ3v) is 10.3. The Balaban J connectivity index is 1.32. The highest BCUT2D eigenvalue weighted by molar-refractivity contribution is 7.09. The summed E-state index contributed by atoms with van der Waals surface area (Å²) in [6.07, 6.45) is 0.653. The van der Waals surface area contributed by atoms with Crippen molar-refractivity contribution in [1.82, 2.24) is 21.3 Å². The number of fused-ring (bicyclic) bond motifs is 16. The molecule has 0 fully saturated rings. The van der Waals surface area contributed by atoms with Crippen molar-refractivity contribution in [1.29, 1.82) is 0 Å². The van der Waals surface area contributed by atoms with Crippen molar-refractivity contribution in [3.8, 4) is 22.6 Å². The first kappa shape index (κ1) is 39.2. The van der Waals surface area contributed by atoms with E-state index < -0.39 is 60.4 Å². The summed E-state index contributed by atoms with van der Waals surface area (Å²) in [6, 6.07) is 28.9. The van der Waals surface area contributed by atoms with Gasteiger partial charge < -0.3 is 36.2 Å². The number of rotatable bonds is 9. The van der Waals surface area contributed by atoms with Crippen LogP contribution in [0.4, 0.5) is 0 Å². The first-order chi connectivity index (χ1) is 27.1. The van der Waals surface area contributed by atoms with Gasteiger partial charge in [-0.2, -0.15) is 0 Å². The number of aliphatic carboxylic acids is 1. The molecule has 4 atom stereocenters. The SMILES string of the molecule is O=C1COc2ccc(cc2)C[C@@H](C(=O)O)NC(=O)[C@H](CCc2ccccc2)NC(=O)[C@@H](Cc2ccc(-c3ccc(O)cc3)cc2)NC(=O)[C@H](Cc2cccs2)N1. The standard InChI is InChI=1S/C43H42N4O8S/c48-32-17-15-31(16-18-32)30-13-8-28(9-14-30)23-36-41(51)45-35(21-12-27-5-2-1-3-6-27)40(50)47-38(43(53)54)24-29-10-19-33(20-11-29)55-26-39(49)44-37(42(52)46-36)25-34-7-4-22-56-34/h1-11,13-20,22,35-38,48H,12,21,23-26H2,(H,44,49)(H,45,51)(H,46,52)(H,47,50)(H,53,54)/t35-,36+,37-,38-/m0/s1. The van der Waals surface area contributed by atoms with Gasteiger partial charge in [0, 0.05) is 24.1 Å². The van der Waals surface area contributed by atoms with Crippen molar-refractivity contribution in [3.63, 3.8) is 0 Å². The minimum absolute atomic E-state index is 0.0228. The van der Waals surface area contributed by atoms with Crippen LogP contribution in [0.5, 0.6) is 11.5 Å². The molecule has 0 aliphatic carbocycles. The lowest BCUT2D eigenvalue weighted by molar-refractivity contribution is -0.142. The lowest BCUT2D eigenvalue weighted by Gasteiger charge is -2.26. The van der Waals surface area contributed by atoms with Crippen LogP contribution in [0.25, 0.3) is 11.1 Å². The average molecular weight is 775 g/mol. The molecule has 2 aliphatic heterocycles. The van der Waals surface area contributed by atoms with Crippen LogP contribution in [0.3, 0.4) is 0 Å². The van der Waals surface area contributed by atoms with Gasteiger partial charge in [-0.15, -0.1) is 11.3 Å². The highest BCUT2D eigenvalue weighted by Crippen LogP contribution is 2.23. The molecule has 13 heteroatoms. The van der Waals surface area contributed by atoms with Gasteiger partial charge in [0.25, 0.3) is 5.91 Å². The number of carboxylic acid groups (broad SMARTS) is 1. The van der Waals surface area contributed by atoms with E-state index in [4.69, 9.17) is 4.74 Å². The van der Waals surface area contributed by atoms with Crippen molar-refractivity contribution in [2.45, 2.75) is 56.3 Å². The molecule has 7 rings (SSSR count). The van der Waals surface area contributed by atoms with Crippen LogP contribution in [0, 0.1) is 0 Å². The van der Waals surface area contributed by atoms with E-state index in [1.807, 2.05) is 72.1 Å². The highest BCUT2D eigenvalue weighted by atomic mass is 32.1. The van der Waals surface area contributed by atoms with Crippen LogP contribution < -0.4 is 26.0 Å². The second-order valence-electron chi connectivity index (χ2n) is 13.5. The maximum Gasteiger partial charge on any atom is 0.326 e. The maximum absolute atomic E-state index is 14.3. The van der Waals surface area contributed by atoms with Crippen molar-refractivity contribution in [2.75, 3.05) is 6.61 Å². The maximum atomic E-state index is 14.3. The fraction of sp³-hybridized carbons (Fsp3) is 0.233. The van der Waals surface area contributed by atoms with Crippen molar-refractivity contribution < 1.29 is 38.9 Å². The minimum atomic E-state index is -1.32. The van der Waals surface area contributed by atoms with Gasteiger partial charge in [-0.05, 0) is 76.4 Å². The van der Waals surface area contributed by atoms with Gasteiger partial charge in [0.05, 0.1) is 0 Å². The van der Waals surface area contributed by atoms with Crippen molar-refractivity contribution >= 4 is 40.9 Å². The Hall–Kier alpha value is -6.47. The number of aromatic hydroxyl groups is 1. The molecule has 12 nitrogen and oxygen atoms in total. The van der Waals surface area contributed by atoms with Gasteiger partial charge in [0.1, 0.15) is 35.7 Å². The number of carbonyl (C=O) groups is 5. The number of thiophene rings is 1. The summed E-state index contributed by atoms with van der Waals surface area (Å²) in [6.45, 7) is -0.401. The lowest BCUT2D eigenvalue weighted by Crippen LogP contribution is -2.59. The van der Waals surface area contributed by atoms with Gasteiger partial charge >= 0.3 is 5.97 Å². The zero-order valence-electron chi connectivity index (χ0n) is 30.4. The average Bonchev–Trinajstić information content (AvgIpc) is 3.72. The fourth-order valence-corrected chi connectivity index (χ4v) is 7.11. The molecule has 5 aromatic rings. The van der Waals surface area contributed by atoms with Crippen LogP contribution in [0.15, 0.2) is 121 Å². The van der Waals surface area contributed by atoms with E-state index in [0.717, 1.165) is 21.6 Å². The molecule has 2 bridgehead atoms. The molecular formula is C43H42N4O8S. The van der Waals surface area contributed by atoms with E-state index >= 15 is 0 Å². The largest absolute Gasteiger partial charge is 0.508 e. The summed E-state index contributed by atoms with van der Waals surface area (Å²) in [5.74, 6) is -3.30. The summed E-state index contributed by atoms with van der Waals surface area (Å²) in [4.78, 5) is 68.8. The first-order valence-corrected chi connectivity index (χ1v) is 19.1. The van der Waals surface area contributed by atoms with Gasteiger partial charge in [-0.1, -0.05) is 84.9 Å². The van der Waals surface area contributed by atoms with Gasteiger partial charge in [0.2, 0.25) is 17.7 Å². The van der Waals surface area contributed by atoms with Crippen LogP contribution in [-0.4, -0.2) is 70.6 Å². The monoisotopic (exact) mass is 774 g/mol. The molecule has 1 aromatic heterocycles. The van der Waals surface area contributed by atoms with Crippen LogP contribution >= 0.6 is 11.3 Å². The quantitative estimate of drug-likeness (QED) is 0.121. The second kappa shape index (κ2) is 18.7. The molecule has 3 heterocycles. The third kappa shape index (κ3) is 11.0. The lowest BCUT2D eigenvalue weighted by atomic mass is 9.99. The van der Waals surface area contributed by atoms with E-state index in [1.165, 1.54) is 11.3 Å². The minimum Gasteiger partial charge on any atom is -0.508 e. The van der Waals surface area contributed by atoms with Gasteiger partial charge in [0.15, 0.2) is 6.61 Å². The predicted octanol–water partition coefficient (Wildman–Crippen LogP) is 4.20. The van der Waals surface area contributed by atoms with Gasteiger partial charge in [-0.3, -0.25) is 19.2 Å². The number of carboxylic acids is 1. The number of phenols is 1. The molecule has 2 aliphatic rings.